The third-order valence-electron chi connectivity index (χ3n) is 1.03. The van der Waals surface area contributed by atoms with Gasteiger partial charge in [-0.25, -0.2) is 3.45 Å². The summed E-state index contributed by atoms with van der Waals surface area (Å²) in [5.74, 6) is 0. The van der Waals surface area contributed by atoms with Crippen molar-refractivity contribution < 1.29 is 0 Å². The number of benzene rings is 1. The normalized spacial score (nSPS) is 9.50. The van der Waals surface area contributed by atoms with Gasteiger partial charge in [0.1, 0.15) is 0 Å². The van der Waals surface area contributed by atoms with Gasteiger partial charge in [0, 0.05) is 16.2 Å². The van der Waals surface area contributed by atoms with Crippen molar-refractivity contribution in [3.05, 3.63) is 28.7 Å². The molecule has 0 unspecified atom stereocenters. The molecule has 0 aliphatic heterocycles. The van der Waals surface area contributed by atoms with Gasteiger partial charge >= 0.3 is 0 Å². The maximum Gasteiger partial charge on any atom is 0.0794 e. The smallest absolute Gasteiger partial charge is 0.0794 e. The molecule has 0 atom stereocenters. The first-order valence-electron chi connectivity index (χ1n) is 2.58. The first-order valence-corrected chi connectivity index (χ1v) is 4.42. The van der Waals surface area contributed by atoms with Crippen LogP contribution in [0.4, 0.5) is 5.69 Å². The van der Waals surface area contributed by atoms with Crippen LogP contribution in [0.25, 0.3) is 0 Å². The van der Waals surface area contributed by atoms with Crippen molar-refractivity contribution in [3.8, 4) is 0 Å². The lowest BCUT2D eigenvalue weighted by Crippen LogP contribution is -1.90. The Bertz CT molecular complexity index is 227. The van der Waals surface area contributed by atoms with E-state index in [-0.39, 0.29) is 0 Å². The molecule has 0 fully saturated rings. The lowest BCUT2D eigenvalue weighted by Gasteiger charge is -2.06. The minimum absolute atomic E-state index is 0.893. The second-order valence-corrected chi connectivity index (χ2v) is 3.99. The van der Waals surface area contributed by atoms with Crippen LogP contribution in [0.2, 0.25) is 0 Å². The highest BCUT2D eigenvalue weighted by Gasteiger charge is 2.01. The van der Waals surface area contributed by atoms with Crippen molar-refractivity contribution in [2.24, 2.45) is 0 Å². The molecule has 0 saturated carbocycles. The number of halogens is 3. The van der Waals surface area contributed by atoms with Crippen LogP contribution in [-0.2, 0) is 0 Å². The lowest BCUT2D eigenvalue weighted by atomic mass is 10.3. The number of anilines is 1. The highest BCUT2D eigenvalue weighted by molar-refractivity contribution is 9.11. The molecule has 10 heavy (non-hydrogen) atoms. The molecule has 1 rings (SSSR count). The van der Waals surface area contributed by atoms with Crippen LogP contribution in [0.5, 0.6) is 0 Å². The Morgan fingerprint density at radius 1 is 1.30 bits per heavy atom. The molecular weight excluding hydrogens is 281 g/mol. The topological polar surface area (TPSA) is 3.24 Å². The summed E-state index contributed by atoms with van der Waals surface area (Å²) in [6, 6.07) is 7.66. The van der Waals surface area contributed by atoms with E-state index < -0.39 is 0 Å². The molecule has 0 radical (unpaired) electrons. The minimum atomic E-state index is 0.893. The largest absolute Gasteiger partial charge is 0.217 e. The van der Waals surface area contributed by atoms with Gasteiger partial charge in [0.2, 0.25) is 0 Å². The fraction of sp³-hybridized carbons (Fsp3) is 0. The van der Waals surface area contributed by atoms with Crippen molar-refractivity contribution in [3.63, 3.8) is 0 Å². The van der Waals surface area contributed by atoms with Gasteiger partial charge in [-0.05, 0) is 28.1 Å². The van der Waals surface area contributed by atoms with Crippen LogP contribution in [0.15, 0.2) is 28.7 Å². The predicted octanol–water partition coefficient (Wildman–Crippen LogP) is 3.72. The zero-order chi connectivity index (χ0) is 7.56. The Morgan fingerprint density at radius 3 is 2.30 bits per heavy atom. The van der Waals surface area contributed by atoms with Gasteiger partial charge < -0.3 is 0 Å². The standard InChI is InChI=1S/C6H4Br2ClN/c7-5-3-1-2-4-6(5)10(8)9/h1-4H. The molecule has 1 aromatic rings. The number of para-hydroxylation sites is 1. The Labute approximate surface area is 81.6 Å². The third kappa shape index (κ3) is 1.87. The van der Waals surface area contributed by atoms with Gasteiger partial charge in [0.05, 0.1) is 21.8 Å². The average molecular weight is 285 g/mol. The number of nitrogens with zero attached hydrogens (tertiary/aromatic N) is 1. The summed E-state index contributed by atoms with van der Waals surface area (Å²) in [5.41, 5.74) is 0.893. The van der Waals surface area contributed by atoms with Crippen molar-refractivity contribution >= 4 is 49.5 Å². The van der Waals surface area contributed by atoms with Crippen molar-refractivity contribution in [1.29, 1.82) is 0 Å². The van der Waals surface area contributed by atoms with Crippen LogP contribution >= 0.6 is 43.9 Å². The van der Waals surface area contributed by atoms with Crippen LogP contribution in [0.1, 0.15) is 0 Å². The molecule has 0 aromatic heterocycles. The maximum atomic E-state index is 5.63. The molecule has 0 aliphatic carbocycles. The van der Waals surface area contributed by atoms with Crippen LogP contribution in [-0.4, -0.2) is 0 Å². The van der Waals surface area contributed by atoms with Gasteiger partial charge in [0.15, 0.2) is 0 Å². The highest BCUT2D eigenvalue weighted by Crippen LogP contribution is 2.28. The van der Waals surface area contributed by atoms with Crippen LogP contribution in [0, 0.1) is 0 Å². The summed E-state index contributed by atoms with van der Waals surface area (Å²) >= 11 is 12.1. The lowest BCUT2D eigenvalue weighted by molar-refractivity contribution is 1.57. The molecule has 1 aromatic carbocycles. The van der Waals surface area contributed by atoms with E-state index in [1.165, 1.54) is 3.45 Å². The fourth-order valence-electron chi connectivity index (χ4n) is 0.589. The molecule has 1 nitrogen and oxygen atoms in total. The first kappa shape index (κ1) is 8.37. The number of hydrogen-bond donors (Lipinski definition) is 0. The summed E-state index contributed by atoms with van der Waals surface area (Å²) in [7, 11) is 0. The SMILES string of the molecule is ClN(Br)c1ccccc1Br. The first-order chi connectivity index (χ1) is 4.72. The molecule has 0 spiro atoms. The fourth-order valence-corrected chi connectivity index (χ4v) is 1.85. The molecular formula is C6H4Br2ClN. The summed E-state index contributed by atoms with van der Waals surface area (Å²) in [6.45, 7) is 0. The number of hydrogen-bond acceptors (Lipinski definition) is 1. The summed E-state index contributed by atoms with van der Waals surface area (Å²) in [5, 5.41) is 0. The molecule has 0 aliphatic rings. The molecule has 0 saturated heterocycles. The van der Waals surface area contributed by atoms with Crippen LogP contribution < -0.4 is 3.45 Å². The monoisotopic (exact) mass is 283 g/mol. The third-order valence-corrected chi connectivity index (χ3v) is 2.27. The maximum absolute atomic E-state index is 5.63. The van der Waals surface area contributed by atoms with Gasteiger partial charge in [-0.15, -0.1) is 0 Å². The van der Waals surface area contributed by atoms with Crippen molar-refractivity contribution in [1.82, 2.24) is 0 Å². The van der Waals surface area contributed by atoms with E-state index in [0.717, 1.165) is 10.2 Å². The van der Waals surface area contributed by atoms with Gasteiger partial charge in [-0.2, -0.15) is 0 Å². The highest BCUT2D eigenvalue weighted by atomic mass is 79.9. The van der Waals surface area contributed by atoms with Gasteiger partial charge in [0.25, 0.3) is 0 Å². The quantitative estimate of drug-likeness (QED) is 0.711. The summed E-state index contributed by atoms with van der Waals surface area (Å²) in [4.78, 5) is 0. The minimum Gasteiger partial charge on any atom is -0.217 e. The van der Waals surface area contributed by atoms with E-state index in [1.54, 1.807) is 0 Å². The van der Waals surface area contributed by atoms with Crippen LogP contribution in [0.3, 0.4) is 0 Å². The van der Waals surface area contributed by atoms with E-state index in [9.17, 15) is 0 Å². The zero-order valence-corrected chi connectivity index (χ0v) is 8.82. The Kier molecular flexibility index (Phi) is 3.01. The molecule has 0 bridgehead atoms. The van der Waals surface area contributed by atoms with E-state index >= 15 is 0 Å². The predicted molar refractivity (Wildman–Crippen MR) is 51.4 cm³/mol. The zero-order valence-electron chi connectivity index (χ0n) is 4.89. The second-order valence-electron chi connectivity index (χ2n) is 1.68. The molecule has 0 N–H and O–H groups in total. The summed E-state index contributed by atoms with van der Waals surface area (Å²) < 4.78 is 2.32. The molecule has 4 heteroatoms. The van der Waals surface area contributed by atoms with E-state index in [2.05, 4.69) is 32.1 Å². The Hall–Kier alpha value is 0.270. The summed E-state index contributed by atoms with van der Waals surface area (Å²) in [6.07, 6.45) is 0. The number of rotatable bonds is 1. The molecule has 54 valence electrons. The molecule has 0 amide bonds. The van der Waals surface area contributed by atoms with Crippen molar-refractivity contribution in [2.75, 3.05) is 3.45 Å². The average Bonchev–Trinajstić information content (AvgIpc) is 1.88. The Morgan fingerprint density at radius 2 is 1.90 bits per heavy atom. The second kappa shape index (κ2) is 3.60. The van der Waals surface area contributed by atoms with E-state index in [0.29, 0.717) is 0 Å². The van der Waals surface area contributed by atoms with Gasteiger partial charge in [-0.1, -0.05) is 12.1 Å². The molecule has 0 heterocycles. The van der Waals surface area contributed by atoms with E-state index in [4.69, 9.17) is 11.8 Å². The Balaban J connectivity index is 3.03. The van der Waals surface area contributed by atoms with Crippen molar-refractivity contribution in [2.45, 2.75) is 0 Å². The van der Waals surface area contributed by atoms with E-state index in [1.807, 2.05) is 24.3 Å². The van der Waals surface area contributed by atoms with Gasteiger partial charge in [-0.3, -0.25) is 0 Å².